The van der Waals surface area contributed by atoms with E-state index in [1.54, 1.807) is 52.2 Å². The van der Waals surface area contributed by atoms with Crippen LogP contribution in [-0.2, 0) is 19.1 Å². The number of nitrogens with one attached hydrogen (secondary N) is 2. The molecule has 2 N–H and O–H groups in total. The summed E-state index contributed by atoms with van der Waals surface area (Å²) in [7, 11) is 3.29. The van der Waals surface area contributed by atoms with Crippen molar-refractivity contribution in [3.8, 4) is 0 Å². The maximum absolute atomic E-state index is 12.0. The zero-order valence-corrected chi connectivity index (χ0v) is 17.5. The minimum Gasteiger partial charge on any atom is -0.456 e. The molecule has 0 spiro atoms. The van der Waals surface area contributed by atoms with E-state index in [2.05, 4.69) is 10.6 Å². The second-order valence-corrected chi connectivity index (χ2v) is 7.60. The Labute approximate surface area is 174 Å². The standard InChI is InChI=1S/C20H26N4O6/c1-20(2)18(28)24(19(29)22-20)11-5-6-16(26)30-12-15(25)21-14-9-7-13(8-10-14)17(27)23(3)4/h7-10H,5-6,11-12H2,1-4H3,(H,21,25)(H,22,29). The van der Waals surface area contributed by atoms with Crippen LogP contribution in [0.5, 0.6) is 0 Å². The zero-order valence-electron chi connectivity index (χ0n) is 17.5. The summed E-state index contributed by atoms with van der Waals surface area (Å²) in [6, 6.07) is 5.84. The monoisotopic (exact) mass is 418 g/mol. The Morgan fingerprint density at radius 1 is 1.13 bits per heavy atom. The molecule has 0 bridgehead atoms. The number of amides is 5. The van der Waals surface area contributed by atoms with Crippen molar-refractivity contribution < 1.29 is 28.7 Å². The predicted octanol–water partition coefficient (Wildman–Crippen LogP) is 0.981. The first-order chi connectivity index (χ1) is 14.0. The number of imide groups is 1. The lowest BCUT2D eigenvalue weighted by atomic mass is 10.1. The third-order valence-corrected chi connectivity index (χ3v) is 4.39. The lowest BCUT2D eigenvalue weighted by Gasteiger charge is -2.15. The number of hydrogen-bond acceptors (Lipinski definition) is 6. The minimum absolute atomic E-state index is 0.0356. The fourth-order valence-electron chi connectivity index (χ4n) is 2.77. The predicted molar refractivity (Wildman–Crippen MR) is 108 cm³/mol. The van der Waals surface area contributed by atoms with Crippen LogP contribution in [0.25, 0.3) is 0 Å². The summed E-state index contributed by atoms with van der Waals surface area (Å²) in [5, 5.41) is 5.12. The third kappa shape index (κ3) is 5.79. The number of carbonyl (C=O) groups is 5. The Morgan fingerprint density at radius 2 is 1.77 bits per heavy atom. The van der Waals surface area contributed by atoms with Crippen LogP contribution in [0.15, 0.2) is 24.3 Å². The van der Waals surface area contributed by atoms with E-state index in [1.165, 1.54) is 4.90 Å². The summed E-state index contributed by atoms with van der Waals surface area (Å²) in [5.41, 5.74) is -0.00122. The van der Waals surface area contributed by atoms with Crippen molar-refractivity contribution in [1.29, 1.82) is 0 Å². The number of ether oxygens (including phenoxy) is 1. The molecule has 1 aliphatic rings. The number of nitrogens with zero attached hydrogens (tertiary/aromatic N) is 2. The first-order valence-corrected chi connectivity index (χ1v) is 9.42. The maximum Gasteiger partial charge on any atom is 0.325 e. The molecule has 0 unspecified atom stereocenters. The fraction of sp³-hybridized carbons (Fsp3) is 0.450. The highest BCUT2D eigenvalue weighted by Crippen LogP contribution is 2.17. The second kappa shape index (κ2) is 9.38. The molecule has 1 aliphatic heterocycles. The van der Waals surface area contributed by atoms with Crippen LogP contribution in [0.4, 0.5) is 10.5 Å². The average Bonchev–Trinajstić information content (AvgIpc) is 2.87. The molecule has 1 aromatic carbocycles. The average molecular weight is 418 g/mol. The number of rotatable bonds is 8. The Hall–Kier alpha value is -3.43. The molecule has 0 atom stereocenters. The van der Waals surface area contributed by atoms with Crippen molar-refractivity contribution in [3.05, 3.63) is 29.8 Å². The van der Waals surface area contributed by atoms with E-state index in [0.29, 0.717) is 11.3 Å². The first-order valence-electron chi connectivity index (χ1n) is 9.42. The van der Waals surface area contributed by atoms with Crippen molar-refractivity contribution in [2.24, 2.45) is 0 Å². The van der Waals surface area contributed by atoms with Crippen LogP contribution in [0.3, 0.4) is 0 Å². The van der Waals surface area contributed by atoms with Gasteiger partial charge >= 0.3 is 12.0 Å². The topological polar surface area (TPSA) is 125 Å². The van der Waals surface area contributed by atoms with Crippen LogP contribution in [0, 0.1) is 0 Å². The highest BCUT2D eigenvalue weighted by atomic mass is 16.5. The number of benzene rings is 1. The number of hydrogen-bond donors (Lipinski definition) is 2. The summed E-state index contributed by atoms with van der Waals surface area (Å²) in [5.74, 6) is -1.63. The minimum atomic E-state index is -0.951. The Balaban J connectivity index is 1.71. The highest BCUT2D eigenvalue weighted by molar-refractivity contribution is 6.06. The molecule has 0 saturated carbocycles. The van der Waals surface area contributed by atoms with Gasteiger partial charge in [0.25, 0.3) is 17.7 Å². The van der Waals surface area contributed by atoms with E-state index < -0.39 is 30.1 Å². The van der Waals surface area contributed by atoms with Crippen molar-refractivity contribution in [2.45, 2.75) is 32.2 Å². The SMILES string of the molecule is CN(C)C(=O)c1ccc(NC(=O)COC(=O)CCCN2C(=O)NC(C)(C)C2=O)cc1. The molecular formula is C20H26N4O6. The van der Waals surface area contributed by atoms with Crippen LogP contribution >= 0.6 is 0 Å². The molecule has 1 saturated heterocycles. The largest absolute Gasteiger partial charge is 0.456 e. The van der Waals surface area contributed by atoms with Crippen LogP contribution in [0.1, 0.15) is 37.0 Å². The second-order valence-electron chi connectivity index (χ2n) is 7.60. The molecule has 5 amide bonds. The number of anilines is 1. The lowest BCUT2D eigenvalue weighted by Crippen LogP contribution is -2.40. The normalized spacial score (nSPS) is 14.9. The molecule has 1 aromatic rings. The van der Waals surface area contributed by atoms with Crippen LogP contribution < -0.4 is 10.6 Å². The maximum atomic E-state index is 12.0. The van der Waals surface area contributed by atoms with Gasteiger partial charge in [-0.15, -0.1) is 0 Å². The fourth-order valence-corrected chi connectivity index (χ4v) is 2.77. The van der Waals surface area contributed by atoms with Gasteiger partial charge < -0.3 is 20.3 Å². The molecule has 0 aromatic heterocycles. The summed E-state index contributed by atoms with van der Waals surface area (Å²) < 4.78 is 4.91. The molecular weight excluding hydrogens is 392 g/mol. The van der Waals surface area contributed by atoms with E-state index in [4.69, 9.17) is 4.74 Å². The Morgan fingerprint density at radius 3 is 2.30 bits per heavy atom. The van der Waals surface area contributed by atoms with Gasteiger partial charge in [0, 0.05) is 38.3 Å². The van der Waals surface area contributed by atoms with Gasteiger partial charge in [0.15, 0.2) is 6.61 Å². The van der Waals surface area contributed by atoms with E-state index in [9.17, 15) is 24.0 Å². The van der Waals surface area contributed by atoms with Crippen molar-refractivity contribution in [2.75, 3.05) is 32.6 Å². The van der Waals surface area contributed by atoms with Gasteiger partial charge in [0.2, 0.25) is 0 Å². The molecule has 10 nitrogen and oxygen atoms in total. The van der Waals surface area contributed by atoms with Crippen LogP contribution in [0.2, 0.25) is 0 Å². The molecule has 162 valence electrons. The first kappa shape index (κ1) is 22.9. The van der Waals surface area contributed by atoms with E-state index in [1.807, 2.05) is 0 Å². The summed E-state index contributed by atoms with van der Waals surface area (Å²) in [6.07, 6.45) is 0.198. The molecule has 1 fully saturated rings. The summed E-state index contributed by atoms with van der Waals surface area (Å²) in [4.78, 5) is 61.9. The molecule has 0 radical (unpaired) electrons. The van der Waals surface area contributed by atoms with Crippen LogP contribution in [-0.4, -0.2) is 72.3 Å². The van der Waals surface area contributed by atoms with Crippen molar-refractivity contribution in [1.82, 2.24) is 15.1 Å². The highest BCUT2D eigenvalue weighted by Gasteiger charge is 2.43. The molecule has 10 heteroatoms. The van der Waals surface area contributed by atoms with Gasteiger partial charge in [0.05, 0.1) is 0 Å². The molecule has 30 heavy (non-hydrogen) atoms. The molecule has 2 rings (SSSR count). The van der Waals surface area contributed by atoms with Gasteiger partial charge in [-0.2, -0.15) is 0 Å². The number of urea groups is 1. The van der Waals surface area contributed by atoms with Gasteiger partial charge in [-0.1, -0.05) is 0 Å². The van der Waals surface area contributed by atoms with Gasteiger partial charge in [-0.25, -0.2) is 4.79 Å². The Kier molecular flexibility index (Phi) is 7.14. The molecule has 0 aliphatic carbocycles. The molecule has 1 heterocycles. The van der Waals surface area contributed by atoms with E-state index in [0.717, 1.165) is 4.90 Å². The van der Waals surface area contributed by atoms with E-state index in [-0.39, 0.29) is 31.2 Å². The Bertz CT molecular complexity index is 847. The quantitative estimate of drug-likeness (QED) is 0.479. The summed E-state index contributed by atoms with van der Waals surface area (Å²) >= 11 is 0. The summed E-state index contributed by atoms with van der Waals surface area (Å²) in [6.45, 7) is 2.84. The van der Waals surface area contributed by atoms with E-state index >= 15 is 0 Å². The third-order valence-electron chi connectivity index (χ3n) is 4.39. The smallest absolute Gasteiger partial charge is 0.325 e. The van der Waals surface area contributed by atoms with Gasteiger partial charge in [0.1, 0.15) is 5.54 Å². The van der Waals surface area contributed by atoms with Crippen molar-refractivity contribution >= 4 is 35.4 Å². The number of carbonyl (C=O) groups excluding carboxylic acids is 5. The van der Waals surface area contributed by atoms with Crippen molar-refractivity contribution in [3.63, 3.8) is 0 Å². The lowest BCUT2D eigenvalue weighted by molar-refractivity contribution is -0.147. The number of esters is 1. The van der Waals surface area contributed by atoms with Gasteiger partial charge in [-0.3, -0.25) is 24.1 Å². The van der Waals surface area contributed by atoms with Gasteiger partial charge in [-0.05, 0) is 44.5 Å². The zero-order chi connectivity index (χ0) is 22.5.